The number of ether oxygens (including phenoxy) is 1. The fourth-order valence-electron chi connectivity index (χ4n) is 4.07. The van der Waals surface area contributed by atoms with Gasteiger partial charge in [0.1, 0.15) is 11.9 Å². The summed E-state index contributed by atoms with van der Waals surface area (Å²) in [7, 11) is -3.37. The average Bonchev–Trinajstić information content (AvgIpc) is 3.40. The maximum Gasteiger partial charge on any atom is 0.416 e. The van der Waals surface area contributed by atoms with Crippen molar-refractivity contribution in [2.75, 3.05) is 30.3 Å². The first-order chi connectivity index (χ1) is 18.5. The van der Waals surface area contributed by atoms with Gasteiger partial charge in [-0.05, 0) is 42.0 Å². The second kappa shape index (κ2) is 11.6. The largest absolute Gasteiger partial charge is 0.489 e. The number of hydrogen-bond acceptors (Lipinski definition) is 8. The number of aliphatic hydroxyl groups is 1. The number of aromatic nitrogens is 2. The molecule has 1 saturated heterocycles. The number of carbonyl (C=O) groups excluding carboxylic acids is 1. The summed E-state index contributed by atoms with van der Waals surface area (Å²) >= 11 is 0. The van der Waals surface area contributed by atoms with Crippen LogP contribution in [-0.2, 0) is 16.0 Å². The number of carbonyl (C=O) groups is 1. The second-order valence-corrected chi connectivity index (χ2v) is 11.2. The minimum atomic E-state index is -4.41. The number of anilines is 1. The molecular formula is C26H27F3N4O5S. The summed E-state index contributed by atoms with van der Waals surface area (Å²) in [5.41, 5.74) is -0.0419. The van der Waals surface area contributed by atoms with Gasteiger partial charge in [0.15, 0.2) is 9.84 Å². The molecule has 2 N–H and O–H groups in total. The van der Waals surface area contributed by atoms with Gasteiger partial charge in [0.2, 0.25) is 5.95 Å². The summed E-state index contributed by atoms with van der Waals surface area (Å²) in [6, 6.07) is 9.71. The van der Waals surface area contributed by atoms with Gasteiger partial charge in [-0.1, -0.05) is 19.1 Å². The van der Waals surface area contributed by atoms with E-state index in [0.29, 0.717) is 36.8 Å². The molecule has 0 bridgehead atoms. The van der Waals surface area contributed by atoms with Crippen LogP contribution in [0.2, 0.25) is 0 Å². The molecule has 208 valence electrons. The van der Waals surface area contributed by atoms with Crippen molar-refractivity contribution < 1.29 is 36.2 Å². The molecule has 1 aliphatic heterocycles. The normalized spacial score (nSPS) is 16.6. The molecule has 2 aromatic carbocycles. The highest BCUT2D eigenvalue weighted by Crippen LogP contribution is 2.31. The van der Waals surface area contributed by atoms with Gasteiger partial charge in [-0.15, -0.1) is 0 Å². The Labute approximate surface area is 223 Å². The highest BCUT2D eigenvalue weighted by molar-refractivity contribution is 7.91. The molecule has 4 rings (SSSR count). The summed E-state index contributed by atoms with van der Waals surface area (Å²) in [6.07, 6.45) is -1.35. The van der Waals surface area contributed by atoms with Gasteiger partial charge in [-0.3, -0.25) is 4.79 Å². The summed E-state index contributed by atoms with van der Waals surface area (Å²) in [4.78, 5) is 23.3. The molecule has 2 atom stereocenters. The predicted molar refractivity (Wildman–Crippen MR) is 136 cm³/mol. The number of benzene rings is 2. The van der Waals surface area contributed by atoms with E-state index >= 15 is 0 Å². The van der Waals surface area contributed by atoms with Crippen LogP contribution in [0.4, 0.5) is 19.1 Å². The third kappa shape index (κ3) is 6.84. The first-order valence-electron chi connectivity index (χ1n) is 12.2. The first kappa shape index (κ1) is 28.3. The van der Waals surface area contributed by atoms with Crippen molar-refractivity contribution in [1.29, 1.82) is 0 Å². The maximum atomic E-state index is 12.7. The van der Waals surface area contributed by atoms with Crippen LogP contribution in [0.5, 0.6) is 5.75 Å². The molecule has 1 aromatic heterocycles. The number of sulfone groups is 1. The Balaban J connectivity index is 1.34. The fourth-order valence-corrected chi connectivity index (χ4v) is 4.96. The van der Waals surface area contributed by atoms with E-state index in [4.69, 9.17) is 4.74 Å². The Hall–Kier alpha value is -3.71. The quantitative estimate of drug-likeness (QED) is 0.406. The van der Waals surface area contributed by atoms with Crippen molar-refractivity contribution >= 4 is 21.7 Å². The van der Waals surface area contributed by atoms with Gasteiger partial charge in [0.25, 0.3) is 5.91 Å². The summed E-state index contributed by atoms with van der Waals surface area (Å²) in [5.74, 6) is 0.155. The smallest absolute Gasteiger partial charge is 0.416 e. The third-order valence-electron chi connectivity index (χ3n) is 6.32. The molecule has 1 aliphatic rings. The van der Waals surface area contributed by atoms with Gasteiger partial charge in [-0.25, -0.2) is 18.4 Å². The highest BCUT2D eigenvalue weighted by Gasteiger charge is 2.31. The second-order valence-electron chi connectivity index (χ2n) is 8.95. The zero-order chi connectivity index (χ0) is 28.2. The molecule has 3 aromatic rings. The van der Waals surface area contributed by atoms with Crippen LogP contribution in [0.15, 0.2) is 65.8 Å². The van der Waals surface area contributed by atoms with Crippen LogP contribution >= 0.6 is 0 Å². The Morgan fingerprint density at radius 3 is 2.33 bits per heavy atom. The zero-order valence-electron chi connectivity index (χ0n) is 20.9. The number of amides is 1. The highest BCUT2D eigenvalue weighted by atomic mass is 32.2. The van der Waals surface area contributed by atoms with Crippen molar-refractivity contribution in [2.24, 2.45) is 0 Å². The minimum Gasteiger partial charge on any atom is -0.489 e. The van der Waals surface area contributed by atoms with E-state index in [1.807, 2.05) is 4.90 Å². The van der Waals surface area contributed by atoms with E-state index in [0.717, 1.165) is 12.1 Å². The molecule has 1 fully saturated rings. The molecule has 0 saturated carbocycles. The lowest BCUT2D eigenvalue weighted by Gasteiger charge is -2.18. The molecule has 9 nitrogen and oxygen atoms in total. The Morgan fingerprint density at radius 2 is 1.77 bits per heavy atom. The first-order valence-corrected chi connectivity index (χ1v) is 13.8. The molecule has 0 unspecified atom stereocenters. The third-order valence-corrected chi connectivity index (χ3v) is 8.07. The van der Waals surface area contributed by atoms with Gasteiger partial charge in [-0.2, -0.15) is 13.2 Å². The van der Waals surface area contributed by atoms with E-state index in [-0.39, 0.29) is 22.3 Å². The lowest BCUT2D eigenvalue weighted by molar-refractivity contribution is -0.137. The minimum absolute atomic E-state index is 0.0350. The number of hydrogen-bond donors (Lipinski definition) is 2. The van der Waals surface area contributed by atoms with Gasteiger partial charge >= 0.3 is 6.18 Å². The van der Waals surface area contributed by atoms with Crippen molar-refractivity contribution in [2.45, 2.75) is 36.6 Å². The molecule has 13 heteroatoms. The number of nitrogens with one attached hydrogen (secondary N) is 1. The summed E-state index contributed by atoms with van der Waals surface area (Å²) in [5, 5.41) is 12.5. The zero-order valence-corrected chi connectivity index (χ0v) is 21.7. The molecular weight excluding hydrogens is 537 g/mol. The SMILES string of the molecule is CCS(=O)(=O)c1ccc([C@H](CO)NC(=O)c2cnc(N3CC[C@@H](Oc4ccc(C(F)(F)F)cc4)C3)nc2)cc1. The summed E-state index contributed by atoms with van der Waals surface area (Å²) < 4.78 is 68.0. The Bertz CT molecular complexity index is 1380. The monoisotopic (exact) mass is 564 g/mol. The maximum absolute atomic E-state index is 12.7. The van der Waals surface area contributed by atoms with Crippen LogP contribution in [0.1, 0.15) is 40.9 Å². The number of aliphatic hydroxyl groups excluding tert-OH is 1. The van der Waals surface area contributed by atoms with E-state index in [1.165, 1.54) is 36.7 Å². The lowest BCUT2D eigenvalue weighted by Crippen LogP contribution is -2.31. The van der Waals surface area contributed by atoms with Crippen LogP contribution in [0.25, 0.3) is 0 Å². The van der Waals surface area contributed by atoms with Crippen LogP contribution in [0, 0.1) is 0 Å². The van der Waals surface area contributed by atoms with Crippen LogP contribution in [-0.4, -0.2) is 61.0 Å². The summed E-state index contributed by atoms with van der Waals surface area (Å²) in [6.45, 7) is 2.13. The van der Waals surface area contributed by atoms with Crippen LogP contribution < -0.4 is 15.0 Å². The Morgan fingerprint density at radius 1 is 1.13 bits per heavy atom. The number of rotatable bonds is 9. The van der Waals surface area contributed by atoms with Crippen LogP contribution in [0.3, 0.4) is 0 Å². The van der Waals surface area contributed by atoms with E-state index < -0.39 is 40.1 Å². The van der Waals surface area contributed by atoms with Crippen molar-refractivity contribution in [3.8, 4) is 5.75 Å². The van der Waals surface area contributed by atoms with Crippen molar-refractivity contribution in [3.05, 3.63) is 77.6 Å². The number of halogens is 3. The predicted octanol–water partition coefficient (Wildman–Crippen LogP) is 3.41. The van der Waals surface area contributed by atoms with E-state index in [1.54, 1.807) is 19.1 Å². The molecule has 0 aliphatic carbocycles. The molecule has 0 radical (unpaired) electrons. The Kier molecular flexibility index (Phi) is 8.40. The molecule has 2 heterocycles. The van der Waals surface area contributed by atoms with Crippen molar-refractivity contribution in [1.82, 2.24) is 15.3 Å². The molecule has 39 heavy (non-hydrogen) atoms. The van der Waals surface area contributed by atoms with Gasteiger partial charge in [0.05, 0.1) is 41.0 Å². The van der Waals surface area contributed by atoms with E-state index in [2.05, 4.69) is 15.3 Å². The molecule has 1 amide bonds. The average molecular weight is 565 g/mol. The van der Waals surface area contributed by atoms with Gasteiger partial charge < -0.3 is 20.1 Å². The van der Waals surface area contributed by atoms with Gasteiger partial charge in [0, 0.05) is 25.4 Å². The topological polar surface area (TPSA) is 122 Å². The van der Waals surface area contributed by atoms with Crippen molar-refractivity contribution in [3.63, 3.8) is 0 Å². The number of nitrogens with zero attached hydrogens (tertiary/aromatic N) is 3. The number of alkyl halides is 3. The fraction of sp³-hybridized carbons (Fsp3) is 0.346. The molecule has 0 spiro atoms. The standard InChI is InChI=1S/C26H27F3N4O5S/c1-2-39(36,37)22-9-3-17(4-10-22)23(16-34)32-24(35)18-13-30-25(31-14-18)33-12-11-21(15-33)38-20-7-5-19(6-8-20)26(27,28)29/h3-10,13-14,21,23,34H,2,11-12,15-16H2,1H3,(H,32,35)/t21-,23+/m1/s1. The van der Waals surface area contributed by atoms with E-state index in [9.17, 15) is 31.5 Å². The lowest BCUT2D eigenvalue weighted by atomic mass is 10.1.